The molecule has 0 atom stereocenters. The number of aliphatic imine (C=N–C) groups is 1. The molecule has 5 heterocycles. The summed E-state index contributed by atoms with van der Waals surface area (Å²) in [5, 5.41) is 12.8. The Balaban J connectivity index is 1.34. The lowest BCUT2D eigenvalue weighted by atomic mass is 10.1. The van der Waals surface area contributed by atoms with Crippen LogP contribution in [0.4, 0.5) is 0 Å². The average Bonchev–Trinajstić information content (AvgIpc) is 3.37. The van der Waals surface area contributed by atoms with Crippen LogP contribution in [-0.2, 0) is 0 Å². The van der Waals surface area contributed by atoms with E-state index in [2.05, 4.69) is 43.4 Å². The molecule has 5 rings (SSSR count). The predicted molar refractivity (Wildman–Crippen MR) is 104 cm³/mol. The summed E-state index contributed by atoms with van der Waals surface area (Å²) in [5.41, 5.74) is 1.84. The number of hydrogen-bond acceptors (Lipinski definition) is 7. The highest BCUT2D eigenvalue weighted by Crippen LogP contribution is 2.26. The first-order valence-electron chi connectivity index (χ1n) is 9.52. The van der Waals surface area contributed by atoms with Crippen LogP contribution in [0.25, 0.3) is 11.6 Å². The summed E-state index contributed by atoms with van der Waals surface area (Å²) in [6, 6.07) is 2.25. The van der Waals surface area contributed by atoms with Gasteiger partial charge in [0.2, 0.25) is 11.6 Å². The summed E-state index contributed by atoms with van der Waals surface area (Å²) in [6.45, 7) is 2.24. The van der Waals surface area contributed by atoms with Crippen molar-refractivity contribution >= 4 is 11.5 Å². The van der Waals surface area contributed by atoms with Gasteiger partial charge in [-0.25, -0.2) is 14.6 Å². The molecule has 0 bridgehead atoms. The van der Waals surface area contributed by atoms with Gasteiger partial charge in [-0.1, -0.05) is 9.81 Å². The van der Waals surface area contributed by atoms with Crippen molar-refractivity contribution in [1.29, 1.82) is 0 Å². The Kier molecular flexibility index (Phi) is 4.28. The van der Waals surface area contributed by atoms with Crippen molar-refractivity contribution in [2.24, 2.45) is 10.1 Å². The number of hydrogen-bond donors (Lipinski definition) is 1. The molecule has 3 aliphatic rings. The molecule has 28 heavy (non-hydrogen) atoms. The Morgan fingerprint density at radius 3 is 2.82 bits per heavy atom. The molecule has 0 aromatic carbocycles. The van der Waals surface area contributed by atoms with Gasteiger partial charge in [0.15, 0.2) is 12.0 Å². The SMILES string of the molecule is CN1CCC(NC2=CCC3=NC=C(c4cnn(-c5ncccn5)c4)[N+]3=N2)CC1. The molecule has 0 amide bonds. The number of nitrogens with zero attached hydrogens (tertiary/aromatic N) is 8. The Morgan fingerprint density at radius 2 is 2.00 bits per heavy atom. The molecule has 1 saturated heterocycles. The van der Waals surface area contributed by atoms with Crippen molar-refractivity contribution in [3.8, 4) is 5.95 Å². The van der Waals surface area contributed by atoms with Crippen molar-refractivity contribution in [3.63, 3.8) is 0 Å². The molecule has 3 aliphatic heterocycles. The van der Waals surface area contributed by atoms with E-state index in [1.807, 2.05) is 17.1 Å². The van der Waals surface area contributed by atoms with Crippen molar-refractivity contribution in [2.45, 2.75) is 25.3 Å². The average molecular weight is 376 g/mol. The molecule has 0 unspecified atom stereocenters. The molecular weight excluding hydrogens is 354 g/mol. The van der Waals surface area contributed by atoms with E-state index < -0.39 is 0 Å². The van der Waals surface area contributed by atoms with E-state index in [0.717, 1.165) is 55.3 Å². The van der Waals surface area contributed by atoms with Gasteiger partial charge < -0.3 is 10.2 Å². The summed E-state index contributed by atoms with van der Waals surface area (Å²) in [4.78, 5) is 15.4. The molecule has 142 valence electrons. The van der Waals surface area contributed by atoms with E-state index >= 15 is 0 Å². The van der Waals surface area contributed by atoms with Crippen LogP contribution in [0.5, 0.6) is 0 Å². The first kappa shape index (κ1) is 16.9. The minimum atomic E-state index is 0.470. The Hall–Kier alpha value is -3.20. The number of piperidine rings is 1. The van der Waals surface area contributed by atoms with Crippen LogP contribution in [0.15, 0.2) is 59.1 Å². The van der Waals surface area contributed by atoms with Gasteiger partial charge >= 0.3 is 5.84 Å². The van der Waals surface area contributed by atoms with Gasteiger partial charge in [-0.3, -0.25) is 0 Å². The van der Waals surface area contributed by atoms with E-state index in [9.17, 15) is 0 Å². The zero-order valence-electron chi connectivity index (χ0n) is 15.7. The lowest BCUT2D eigenvalue weighted by molar-refractivity contribution is -0.379. The summed E-state index contributed by atoms with van der Waals surface area (Å²) in [6.07, 6.45) is 14.1. The van der Waals surface area contributed by atoms with Crippen LogP contribution >= 0.6 is 0 Å². The fourth-order valence-electron chi connectivity index (χ4n) is 3.59. The Morgan fingerprint density at radius 1 is 1.18 bits per heavy atom. The second-order valence-electron chi connectivity index (χ2n) is 7.21. The highest BCUT2D eigenvalue weighted by Gasteiger charge is 2.33. The smallest absolute Gasteiger partial charge is 0.328 e. The molecule has 9 nitrogen and oxygen atoms in total. The third kappa shape index (κ3) is 3.24. The zero-order chi connectivity index (χ0) is 18.9. The van der Waals surface area contributed by atoms with Crippen LogP contribution in [-0.4, -0.2) is 61.4 Å². The molecular formula is C19H22N9+. The van der Waals surface area contributed by atoms with E-state index in [-0.39, 0.29) is 0 Å². The molecule has 2 aromatic heterocycles. The Labute approximate surface area is 162 Å². The predicted octanol–water partition coefficient (Wildman–Crippen LogP) is 1.77. The maximum absolute atomic E-state index is 4.80. The third-order valence-corrected chi connectivity index (χ3v) is 5.20. The van der Waals surface area contributed by atoms with Gasteiger partial charge in [0.1, 0.15) is 0 Å². The zero-order valence-corrected chi connectivity index (χ0v) is 15.7. The fraction of sp³-hybridized carbons (Fsp3) is 0.368. The van der Waals surface area contributed by atoms with Crippen LogP contribution in [0, 0.1) is 0 Å². The standard InChI is InChI=1S/C19H22N9/c1-26-9-5-15(6-10-26)24-17-3-4-18-22-12-16(28(18)25-17)14-11-23-27(13-14)19-20-7-2-8-21-19/h2-3,7-8,11-13,15,24H,4-6,9-10H2,1H3/q+1. The van der Waals surface area contributed by atoms with Gasteiger partial charge in [0.25, 0.3) is 0 Å². The third-order valence-electron chi connectivity index (χ3n) is 5.20. The monoisotopic (exact) mass is 376 g/mol. The van der Waals surface area contributed by atoms with Gasteiger partial charge in [-0.15, -0.1) is 0 Å². The van der Waals surface area contributed by atoms with E-state index in [1.165, 1.54) is 0 Å². The largest absolute Gasteiger partial charge is 0.364 e. The van der Waals surface area contributed by atoms with Crippen molar-refractivity contribution < 1.29 is 4.70 Å². The number of fused-ring (bicyclic) bond motifs is 1. The number of azo groups is 2. The van der Waals surface area contributed by atoms with Crippen molar-refractivity contribution in [2.75, 3.05) is 20.1 Å². The molecule has 1 fully saturated rings. The minimum absolute atomic E-state index is 0.470. The molecule has 2 aromatic rings. The van der Waals surface area contributed by atoms with Gasteiger partial charge in [-0.05, 0) is 50.1 Å². The van der Waals surface area contributed by atoms with Crippen LogP contribution in [0.3, 0.4) is 0 Å². The first-order valence-corrected chi connectivity index (χ1v) is 9.52. The number of amidine groups is 1. The first-order chi connectivity index (χ1) is 13.8. The second-order valence-corrected chi connectivity index (χ2v) is 7.21. The van der Waals surface area contributed by atoms with Gasteiger partial charge in [0, 0.05) is 24.6 Å². The highest BCUT2D eigenvalue weighted by molar-refractivity contribution is 5.85. The molecule has 0 saturated carbocycles. The molecule has 0 spiro atoms. The lowest BCUT2D eigenvalue weighted by Crippen LogP contribution is -2.40. The van der Waals surface area contributed by atoms with E-state index in [1.54, 1.807) is 29.3 Å². The number of aromatic nitrogens is 4. The molecule has 1 N–H and O–H groups in total. The van der Waals surface area contributed by atoms with Gasteiger partial charge in [0.05, 0.1) is 18.2 Å². The molecule has 9 heteroatoms. The lowest BCUT2D eigenvalue weighted by Gasteiger charge is -2.30. The minimum Gasteiger partial charge on any atom is -0.364 e. The highest BCUT2D eigenvalue weighted by atomic mass is 15.4. The summed E-state index contributed by atoms with van der Waals surface area (Å²) < 4.78 is 3.57. The summed E-state index contributed by atoms with van der Waals surface area (Å²) in [7, 11) is 2.17. The maximum atomic E-state index is 4.80. The normalized spacial score (nSPS) is 20.2. The van der Waals surface area contributed by atoms with Crippen molar-refractivity contribution in [3.05, 3.63) is 54.5 Å². The number of nitrogens with one attached hydrogen (secondary N) is 1. The van der Waals surface area contributed by atoms with E-state index in [0.29, 0.717) is 12.0 Å². The molecule has 0 aliphatic carbocycles. The maximum Gasteiger partial charge on any atom is 0.328 e. The number of rotatable bonds is 4. The van der Waals surface area contributed by atoms with E-state index in [4.69, 9.17) is 5.11 Å². The summed E-state index contributed by atoms with van der Waals surface area (Å²) >= 11 is 0. The van der Waals surface area contributed by atoms with Crippen molar-refractivity contribution in [1.82, 2.24) is 30.0 Å². The van der Waals surface area contributed by atoms with Crippen LogP contribution in [0.1, 0.15) is 24.8 Å². The fourth-order valence-corrected chi connectivity index (χ4v) is 3.59. The second kappa shape index (κ2) is 7.08. The van der Waals surface area contributed by atoms with Crippen LogP contribution in [0.2, 0.25) is 0 Å². The molecule has 0 radical (unpaired) electrons. The summed E-state index contributed by atoms with van der Waals surface area (Å²) in [5.74, 6) is 2.38. The van der Waals surface area contributed by atoms with Crippen LogP contribution < -0.4 is 5.32 Å². The quantitative estimate of drug-likeness (QED) is 0.822. The van der Waals surface area contributed by atoms with Gasteiger partial charge in [-0.2, -0.15) is 5.10 Å². The topological polar surface area (TPSA) is 86.6 Å². The number of likely N-dealkylation sites (tertiary alicyclic amines) is 1. The Bertz CT molecular complexity index is 991.